The van der Waals surface area contributed by atoms with Crippen molar-refractivity contribution in [3.63, 3.8) is 0 Å². The molecule has 1 aromatic carbocycles. The van der Waals surface area contributed by atoms with Gasteiger partial charge in [0.05, 0.1) is 18.8 Å². The molecule has 1 atom stereocenters. The fraction of sp³-hybridized carbons (Fsp3) is 0.438. The van der Waals surface area contributed by atoms with Crippen molar-refractivity contribution in [3.8, 4) is 0 Å². The van der Waals surface area contributed by atoms with E-state index in [1.54, 1.807) is 6.08 Å². The fourth-order valence-corrected chi connectivity index (χ4v) is 3.56. The highest BCUT2D eigenvalue weighted by Crippen LogP contribution is 2.30. The van der Waals surface area contributed by atoms with Crippen molar-refractivity contribution >= 4 is 23.7 Å². The van der Waals surface area contributed by atoms with Crippen LogP contribution in [0.4, 0.5) is 0 Å². The van der Waals surface area contributed by atoms with E-state index >= 15 is 0 Å². The Bertz CT molecular complexity index is 470. The maximum absolute atomic E-state index is 11.9. The number of rotatable bonds is 7. The first kappa shape index (κ1) is 16.1. The molecule has 114 valence electrons. The Labute approximate surface area is 129 Å². The quantitative estimate of drug-likeness (QED) is 0.753. The van der Waals surface area contributed by atoms with Crippen LogP contribution in [0.5, 0.6) is 0 Å². The van der Waals surface area contributed by atoms with E-state index in [4.69, 9.17) is 9.84 Å². The lowest BCUT2D eigenvalue weighted by atomic mass is 10.0. The second-order valence-corrected chi connectivity index (χ2v) is 6.12. The summed E-state index contributed by atoms with van der Waals surface area (Å²) in [5, 5.41) is 11.8. The van der Waals surface area contributed by atoms with Crippen LogP contribution < -0.4 is 5.32 Å². The van der Waals surface area contributed by atoms with Gasteiger partial charge in [0.1, 0.15) is 0 Å². The molecule has 1 saturated heterocycles. The molecular formula is C16H21NO3S. The van der Waals surface area contributed by atoms with Crippen LogP contribution in [0.25, 0.3) is 6.08 Å². The van der Waals surface area contributed by atoms with Gasteiger partial charge in [-0.25, -0.2) is 0 Å². The van der Waals surface area contributed by atoms with Crippen LogP contribution >= 0.6 is 11.8 Å². The lowest BCUT2D eigenvalue weighted by Crippen LogP contribution is -2.45. The molecule has 1 aliphatic rings. The third kappa shape index (κ3) is 5.19. The second-order valence-electron chi connectivity index (χ2n) is 5.02. The molecule has 0 saturated carbocycles. The van der Waals surface area contributed by atoms with Crippen LogP contribution in [0.3, 0.4) is 0 Å². The van der Waals surface area contributed by atoms with Crippen molar-refractivity contribution in [1.29, 1.82) is 0 Å². The number of benzene rings is 1. The first-order valence-corrected chi connectivity index (χ1v) is 8.23. The summed E-state index contributed by atoms with van der Waals surface area (Å²) in [7, 11) is 0. The number of aliphatic hydroxyl groups is 1. The van der Waals surface area contributed by atoms with E-state index in [0.29, 0.717) is 13.2 Å². The van der Waals surface area contributed by atoms with Crippen LogP contribution in [0.2, 0.25) is 0 Å². The summed E-state index contributed by atoms with van der Waals surface area (Å²) in [4.78, 5) is 11.9. The number of aliphatic hydroxyl groups excluding tert-OH is 1. The number of amides is 1. The molecular weight excluding hydrogens is 286 g/mol. The summed E-state index contributed by atoms with van der Waals surface area (Å²) < 4.78 is 5.74. The highest BCUT2D eigenvalue weighted by atomic mass is 32.2. The summed E-state index contributed by atoms with van der Waals surface area (Å²) in [6.45, 7) is 0.808. The molecule has 0 radical (unpaired) electrons. The van der Waals surface area contributed by atoms with Crippen molar-refractivity contribution in [2.75, 3.05) is 31.3 Å². The van der Waals surface area contributed by atoms with Gasteiger partial charge in [-0.1, -0.05) is 30.3 Å². The predicted octanol–water partition coefficient (Wildman–Crippen LogP) is 1.70. The van der Waals surface area contributed by atoms with Gasteiger partial charge in [0.2, 0.25) is 5.91 Å². The molecule has 1 fully saturated rings. The van der Waals surface area contributed by atoms with E-state index in [1.807, 2.05) is 42.1 Å². The standard InChI is InChI=1S/C16H21NO3S/c18-9-10-20-16(8-11-21-13-16)12-17-15(19)7-6-14-4-2-1-3-5-14/h1-7,18H,8-13H2,(H,17,19)/b7-6+. The minimum absolute atomic E-state index is 0.00821. The van der Waals surface area contributed by atoms with Gasteiger partial charge in [-0.3, -0.25) is 4.79 Å². The van der Waals surface area contributed by atoms with Gasteiger partial charge in [0.25, 0.3) is 0 Å². The third-order valence-corrected chi connectivity index (χ3v) is 4.60. The maximum atomic E-state index is 11.9. The van der Waals surface area contributed by atoms with Gasteiger partial charge in [-0.2, -0.15) is 11.8 Å². The molecule has 5 heteroatoms. The molecule has 0 bridgehead atoms. The van der Waals surface area contributed by atoms with Gasteiger partial charge in [-0.15, -0.1) is 0 Å². The lowest BCUT2D eigenvalue weighted by molar-refractivity contribution is -0.118. The Morgan fingerprint density at radius 1 is 1.43 bits per heavy atom. The lowest BCUT2D eigenvalue weighted by Gasteiger charge is -2.28. The van der Waals surface area contributed by atoms with Crippen molar-refractivity contribution in [3.05, 3.63) is 42.0 Å². The molecule has 2 rings (SSSR count). The Hall–Kier alpha value is -1.30. The molecule has 0 aliphatic carbocycles. The van der Waals surface area contributed by atoms with Crippen molar-refractivity contribution in [2.24, 2.45) is 0 Å². The van der Waals surface area contributed by atoms with Gasteiger partial charge < -0.3 is 15.2 Å². The number of hydrogen-bond acceptors (Lipinski definition) is 4. The summed E-state index contributed by atoms with van der Waals surface area (Å²) in [5.74, 6) is 1.76. The average molecular weight is 307 g/mol. The first-order chi connectivity index (χ1) is 10.2. The van der Waals surface area contributed by atoms with Crippen molar-refractivity contribution < 1.29 is 14.6 Å². The molecule has 1 heterocycles. The zero-order chi connectivity index (χ0) is 15.0. The van der Waals surface area contributed by atoms with E-state index in [2.05, 4.69) is 5.32 Å². The highest BCUT2D eigenvalue weighted by molar-refractivity contribution is 7.99. The highest BCUT2D eigenvalue weighted by Gasteiger charge is 2.35. The Balaban J connectivity index is 1.83. The molecule has 4 nitrogen and oxygen atoms in total. The fourth-order valence-electron chi connectivity index (χ4n) is 2.20. The van der Waals surface area contributed by atoms with Crippen LogP contribution in [0.1, 0.15) is 12.0 Å². The predicted molar refractivity (Wildman–Crippen MR) is 86.2 cm³/mol. The molecule has 1 amide bonds. The topological polar surface area (TPSA) is 58.6 Å². The molecule has 0 aromatic heterocycles. The summed E-state index contributed by atoms with van der Waals surface area (Å²) in [5.41, 5.74) is 0.666. The number of carbonyl (C=O) groups excluding carboxylic acids is 1. The molecule has 1 aliphatic heterocycles. The van der Waals surface area contributed by atoms with Crippen molar-refractivity contribution in [2.45, 2.75) is 12.0 Å². The normalized spacial score (nSPS) is 21.8. The minimum Gasteiger partial charge on any atom is -0.394 e. The van der Waals surface area contributed by atoms with Crippen LogP contribution in [-0.4, -0.2) is 47.9 Å². The Morgan fingerprint density at radius 3 is 2.90 bits per heavy atom. The summed E-state index contributed by atoms with van der Waals surface area (Å²) in [6.07, 6.45) is 4.23. The Morgan fingerprint density at radius 2 is 2.24 bits per heavy atom. The second kappa shape index (κ2) is 8.22. The van der Waals surface area contributed by atoms with E-state index in [1.165, 1.54) is 6.08 Å². The van der Waals surface area contributed by atoms with Crippen LogP contribution in [0.15, 0.2) is 36.4 Å². The monoisotopic (exact) mass is 307 g/mol. The largest absolute Gasteiger partial charge is 0.394 e. The zero-order valence-electron chi connectivity index (χ0n) is 12.0. The zero-order valence-corrected chi connectivity index (χ0v) is 12.8. The molecule has 2 N–H and O–H groups in total. The number of ether oxygens (including phenoxy) is 1. The average Bonchev–Trinajstić information content (AvgIpc) is 2.99. The maximum Gasteiger partial charge on any atom is 0.244 e. The molecule has 21 heavy (non-hydrogen) atoms. The van der Waals surface area contributed by atoms with Gasteiger partial charge in [0, 0.05) is 18.4 Å². The molecule has 1 unspecified atom stereocenters. The van der Waals surface area contributed by atoms with E-state index in [0.717, 1.165) is 23.5 Å². The van der Waals surface area contributed by atoms with Crippen LogP contribution in [-0.2, 0) is 9.53 Å². The SMILES string of the molecule is O=C(/C=C/c1ccccc1)NCC1(OCCO)CCSC1. The van der Waals surface area contributed by atoms with E-state index < -0.39 is 0 Å². The minimum atomic E-state index is -0.330. The third-order valence-electron chi connectivity index (χ3n) is 3.38. The molecule has 0 spiro atoms. The number of nitrogens with one attached hydrogen (secondary N) is 1. The van der Waals surface area contributed by atoms with E-state index in [9.17, 15) is 4.79 Å². The van der Waals surface area contributed by atoms with Gasteiger partial charge >= 0.3 is 0 Å². The summed E-state index contributed by atoms with van der Waals surface area (Å²) >= 11 is 1.82. The number of hydrogen-bond donors (Lipinski definition) is 2. The van der Waals surface area contributed by atoms with Gasteiger partial charge in [0.15, 0.2) is 0 Å². The summed E-state index contributed by atoms with van der Waals surface area (Å²) in [6, 6.07) is 9.71. The van der Waals surface area contributed by atoms with E-state index in [-0.39, 0.29) is 18.1 Å². The first-order valence-electron chi connectivity index (χ1n) is 7.08. The Kier molecular flexibility index (Phi) is 6.29. The number of carbonyl (C=O) groups is 1. The van der Waals surface area contributed by atoms with Gasteiger partial charge in [-0.05, 0) is 23.8 Å². The smallest absolute Gasteiger partial charge is 0.244 e. The number of thioether (sulfide) groups is 1. The molecule has 1 aromatic rings. The van der Waals surface area contributed by atoms with Crippen molar-refractivity contribution in [1.82, 2.24) is 5.32 Å². The van der Waals surface area contributed by atoms with Crippen LogP contribution in [0, 0.1) is 0 Å².